The Morgan fingerprint density at radius 3 is 1.08 bits per heavy atom. The molecule has 0 radical (unpaired) electrons. The summed E-state index contributed by atoms with van der Waals surface area (Å²) >= 11 is 0. The zero-order chi connectivity index (χ0) is 18.4. The molecule has 0 unspecified atom stereocenters. The molecule has 0 bridgehead atoms. The highest BCUT2D eigenvalue weighted by Crippen LogP contribution is 2.60. The molecule has 1 fully saturated rings. The number of aromatic hydroxyl groups is 2. The Balaban J connectivity index is 0.000000185. The van der Waals surface area contributed by atoms with E-state index in [9.17, 15) is 10.2 Å². The Morgan fingerprint density at radius 2 is 1.00 bits per heavy atom. The van der Waals surface area contributed by atoms with Gasteiger partial charge in [-0.15, -0.1) is 0 Å². The highest BCUT2D eigenvalue weighted by atomic mass is 16.5. The SMILES string of the molecule is CC1(C)CC(O)(O)C1(C)C.Oc1ccccc1.Oc1ccccc1. The Hall–Kier alpha value is -2.04. The predicted octanol–water partition coefficient (Wildman–Crippen LogP) is 3.91. The minimum atomic E-state index is -1.45. The molecule has 0 heterocycles. The molecular weight excluding hydrogens is 304 g/mol. The first-order chi connectivity index (χ1) is 11.0. The fourth-order valence-electron chi connectivity index (χ4n) is 2.35. The minimum absolute atomic E-state index is 0.0521. The Labute approximate surface area is 144 Å². The highest BCUT2D eigenvalue weighted by Gasteiger charge is 2.63. The molecule has 2 aromatic carbocycles. The Morgan fingerprint density at radius 1 is 0.667 bits per heavy atom. The second kappa shape index (κ2) is 7.69. The molecule has 0 amide bonds. The number of phenolic OH excluding ortho intramolecular Hbond substituents is 2. The van der Waals surface area contributed by atoms with Crippen molar-refractivity contribution in [3.63, 3.8) is 0 Å². The van der Waals surface area contributed by atoms with Gasteiger partial charge in [0, 0.05) is 11.8 Å². The maximum absolute atomic E-state index is 9.33. The topological polar surface area (TPSA) is 80.9 Å². The summed E-state index contributed by atoms with van der Waals surface area (Å²) in [5, 5.41) is 35.9. The minimum Gasteiger partial charge on any atom is -0.508 e. The van der Waals surface area contributed by atoms with Crippen LogP contribution in [0.25, 0.3) is 0 Å². The first kappa shape index (κ1) is 20.0. The van der Waals surface area contributed by atoms with Gasteiger partial charge in [0.25, 0.3) is 0 Å². The average Bonchev–Trinajstić information content (AvgIpc) is 2.49. The summed E-state index contributed by atoms with van der Waals surface area (Å²) in [5.74, 6) is -0.804. The van der Waals surface area contributed by atoms with Gasteiger partial charge in [-0.25, -0.2) is 0 Å². The van der Waals surface area contributed by atoms with Crippen LogP contribution in [0.4, 0.5) is 0 Å². The average molecular weight is 332 g/mol. The molecular formula is C20H28O4. The van der Waals surface area contributed by atoms with Gasteiger partial charge in [-0.3, -0.25) is 0 Å². The van der Waals surface area contributed by atoms with E-state index in [-0.39, 0.29) is 10.8 Å². The summed E-state index contributed by atoms with van der Waals surface area (Å²) in [5.41, 5.74) is -0.323. The highest BCUT2D eigenvalue weighted by molar-refractivity contribution is 5.19. The molecule has 2 aromatic rings. The van der Waals surface area contributed by atoms with Gasteiger partial charge in [-0.05, 0) is 29.7 Å². The maximum Gasteiger partial charge on any atom is 0.168 e. The largest absolute Gasteiger partial charge is 0.508 e. The first-order valence-electron chi connectivity index (χ1n) is 7.92. The second-order valence-corrected chi connectivity index (χ2v) is 7.17. The third-order valence-electron chi connectivity index (χ3n) is 4.89. The zero-order valence-electron chi connectivity index (χ0n) is 14.8. The van der Waals surface area contributed by atoms with Crippen LogP contribution in [0.1, 0.15) is 34.1 Å². The summed E-state index contributed by atoms with van der Waals surface area (Å²) < 4.78 is 0. The van der Waals surface area contributed by atoms with Crippen LogP contribution in [0, 0.1) is 10.8 Å². The quantitative estimate of drug-likeness (QED) is 0.551. The van der Waals surface area contributed by atoms with Gasteiger partial charge in [-0.2, -0.15) is 0 Å². The molecule has 24 heavy (non-hydrogen) atoms. The van der Waals surface area contributed by atoms with Crippen molar-refractivity contribution in [2.75, 3.05) is 0 Å². The Bertz CT molecular complexity index is 551. The number of rotatable bonds is 0. The summed E-state index contributed by atoms with van der Waals surface area (Å²) in [4.78, 5) is 0. The molecule has 4 heteroatoms. The van der Waals surface area contributed by atoms with Crippen LogP contribution in [0.3, 0.4) is 0 Å². The van der Waals surface area contributed by atoms with E-state index in [4.69, 9.17) is 10.2 Å². The van der Waals surface area contributed by atoms with Crippen molar-refractivity contribution in [3.8, 4) is 11.5 Å². The molecule has 1 aliphatic rings. The maximum atomic E-state index is 9.33. The number of aliphatic hydroxyl groups is 2. The molecule has 3 rings (SSSR count). The van der Waals surface area contributed by atoms with E-state index in [2.05, 4.69) is 13.8 Å². The van der Waals surface area contributed by atoms with Crippen LogP contribution in [0.15, 0.2) is 60.7 Å². The normalized spacial score (nSPS) is 18.8. The number of para-hydroxylation sites is 2. The molecule has 0 aliphatic heterocycles. The molecule has 0 atom stereocenters. The molecule has 0 spiro atoms. The third kappa shape index (κ3) is 4.98. The lowest BCUT2D eigenvalue weighted by Crippen LogP contribution is -2.65. The molecule has 0 saturated heterocycles. The van der Waals surface area contributed by atoms with Gasteiger partial charge in [0.05, 0.1) is 0 Å². The van der Waals surface area contributed by atoms with Gasteiger partial charge in [0.1, 0.15) is 11.5 Å². The fraction of sp³-hybridized carbons (Fsp3) is 0.400. The van der Waals surface area contributed by atoms with Crippen molar-refractivity contribution < 1.29 is 20.4 Å². The molecule has 132 valence electrons. The summed E-state index contributed by atoms with van der Waals surface area (Å²) in [6.45, 7) is 7.88. The van der Waals surface area contributed by atoms with Crippen LogP contribution >= 0.6 is 0 Å². The van der Waals surface area contributed by atoms with Gasteiger partial charge >= 0.3 is 0 Å². The summed E-state index contributed by atoms with van der Waals surface area (Å²) in [6.07, 6.45) is 0.479. The first-order valence-corrected chi connectivity index (χ1v) is 7.92. The van der Waals surface area contributed by atoms with Crippen molar-refractivity contribution in [2.45, 2.75) is 39.9 Å². The van der Waals surface area contributed by atoms with Gasteiger partial charge in [-0.1, -0.05) is 64.1 Å². The predicted molar refractivity (Wildman–Crippen MR) is 95.6 cm³/mol. The number of hydrogen-bond acceptors (Lipinski definition) is 4. The van der Waals surface area contributed by atoms with Crippen molar-refractivity contribution in [1.82, 2.24) is 0 Å². The number of benzene rings is 2. The lowest BCUT2D eigenvalue weighted by molar-refractivity contribution is -0.350. The van der Waals surface area contributed by atoms with Crippen molar-refractivity contribution in [3.05, 3.63) is 60.7 Å². The van der Waals surface area contributed by atoms with Gasteiger partial charge < -0.3 is 20.4 Å². The van der Waals surface area contributed by atoms with Crippen molar-refractivity contribution in [2.24, 2.45) is 10.8 Å². The van der Waals surface area contributed by atoms with E-state index >= 15 is 0 Å². The number of hydrogen-bond donors (Lipinski definition) is 4. The van der Waals surface area contributed by atoms with Crippen LogP contribution in [0.5, 0.6) is 11.5 Å². The lowest BCUT2D eigenvalue weighted by atomic mass is 9.49. The van der Waals surface area contributed by atoms with E-state index in [1.54, 1.807) is 48.5 Å². The monoisotopic (exact) mass is 332 g/mol. The fourth-order valence-corrected chi connectivity index (χ4v) is 2.35. The Kier molecular flexibility index (Phi) is 6.41. The smallest absolute Gasteiger partial charge is 0.168 e. The lowest BCUT2D eigenvalue weighted by Gasteiger charge is -2.61. The van der Waals surface area contributed by atoms with E-state index in [0.29, 0.717) is 17.9 Å². The molecule has 4 N–H and O–H groups in total. The van der Waals surface area contributed by atoms with E-state index in [1.807, 2.05) is 26.0 Å². The molecule has 0 aromatic heterocycles. The van der Waals surface area contributed by atoms with Crippen molar-refractivity contribution >= 4 is 0 Å². The van der Waals surface area contributed by atoms with Crippen LogP contribution in [0.2, 0.25) is 0 Å². The van der Waals surface area contributed by atoms with Gasteiger partial charge in [0.2, 0.25) is 0 Å². The second-order valence-electron chi connectivity index (χ2n) is 7.17. The van der Waals surface area contributed by atoms with E-state index in [0.717, 1.165) is 0 Å². The molecule has 4 nitrogen and oxygen atoms in total. The standard InChI is InChI=1S/C8H16O2.2C6H6O/c1-6(2)5-8(9,10)7(6,3)4;2*7-6-4-2-1-3-5-6/h9-10H,5H2,1-4H3;2*1-5,7H. The summed E-state index contributed by atoms with van der Waals surface area (Å²) in [6, 6.07) is 17.4. The zero-order valence-corrected chi connectivity index (χ0v) is 14.8. The van der Waals surface area contributed by atoms with E-state index < -0.39 is 5.79 Å². The van der Waals surface area contributed by atoms with Crippen LogP contribution in [-0.2, 0) is 0 Å². The van der Waals surface area contributed by atoms with Crippen LogP contribution < -0.4 is 0 Å². The van der Waals surface area contributed by atoms with Gasteiger partial charge in [0.15, 0.2) is 5.79 Å². The van der Waals surface area contributed by atoms with E-state index in [1.165, 1.54) is 0 Å². The summed E-state index contributed by atoms with van der Waals surface area (Å²) in [7, 11) is 0. The molecule has 1 aliphatic carbocycles. The van der Waals surface area contributed by atoms with Crippen molar-refractivity contribution in [1.29, 1.82) is 0 Å². The molecule has 1 saturated carbocycles. The number of phenols is 2. The third-order valence-corrected chi connectivity index (χ3v) is 4.89. The van der Waals surface area contributed by atoms with Crippen LogP contribution in [-0.4, -0.2) is 26.2 Å².